The predicted octanol–water partition coefficient (Wildman–Crippen LogP) is 2.49. The predicted molar refractivity (Wildman–Crippen MR) is 116 cm³/mol. The fourth-order valence-corrected chi connectivity index (χ4v) is 4.28. The van der Waals surface area contributed by atoms with Gasteiger partial charge < -0.3 is 9.88 Å². The van der Waals surface area contributed by atoms with Crippen LogP contribution in [0.15, 0.2) is 32.8 Å². The summed E-state index contributed by atoms with van der Waals surface area (Å²) in [6.45, 7) is 7.68. The number of anilines is 1. The summed E-state index contributed by atoms with van der Waals surface area (Å²) in [7, 11) is -2.07. The Hall–Kier alpha value is -2.59. The third-order valence-corrected chi connectivity index (χ3v) is 6.11. The third-order valence-electron chi connectivity index (χ3n) is 4.58. The molecule has 0 atom stereocenters. The van der Waals surface area contributed by atoms with Crippen molar-refractivity contribution in [3.05, 3.63) is 55.3 Å². The molecule has 0 aliphatic rings. The number of hydrogen-bond donors (Lipinski definition) is 2. The number of sulfonamides is 1. The van der Waals surface area contributed by atoms with E-state index in [0.29, 0.717) is 15.3 Å². The van der Waals surface area contributed by atoms with Gasteiger partial charge in [-0.1, -0.05) is 39.3 Å². The normalized spacial score (nSPS) is 11.8. The Bertz CT molecular complexity index is 1180. The van der Waals surface area contributed by atoms with Crippen molar-refractivity contribution in [3.8, 4) is 0 Å². The van der Waals surface area contributed by atoms with E-state index in [1.54, 1.807) is 12.1 Å². The number of benzene rings is 1. The average Bonchev–Trinajstić information content (AvgIpc) is 2.62. The largest absolute Gasteiger partial charge is 0.333 e. The minimum Gasteiger partial charge on any atom is -0.307 e. The van der Waals surface area contributed by atoms with Gasteiger partial charge in [-0.3, -0.25) is 9.36 Å². The molecular formula is C19H25ClN4O5S. The molecule has 9 nitrogen and oxygen atoms in total. The first-order chi connectivity index (χ1) is 13.8. The number of aryl methyl sites for hydroxylation is 1. The minimum absolute atomic E-state index is 0.00375. The SMILES string of the molecule is CC(C)c1cc(Cl)cc(C(C)C)c1NC(=O)NS(=O)(=O)c1cn(C)c(=O)n(C)c1=O. The van der Waals surface area contributed by atoms with Gasteiger partial charge in [0.25, 0.3) is 15.6 Å². The molecule has 0 unspecified atom stereocenters. The van der Waals surface area contributed by atoms with Crippen LogP contribution in [0.1, 0.15) is 50.7 Å². The zero-order valence-electron chi connectivity index (χ0n) is 17.6. The molecule has 1 heterocycles. The lowest BCUT2D eigenvalue weighted by Gasteiger charge is -2.21. The van der Waals surface area contributed by atoms with Crippen molar-refractivity contribution in [2.45, 2.75) is 44.4 Å². The molecule has 2 amide bonds. The van der Waals surface area contributed by atoms with E-state index < -0.39 is 32.2 Å². The van der Waals surface area contributed by atoms with Gasteiger partial charge in [0, 0.05) is 31.0 Å². The van der Waals surface area contributed by atoms with Crippen molar-refractivity contribution in [3.63, 3.8) is 0 Å². The summed E-state index contributed by atoms with van der Waals surface area (Å²) < 4.78 is 28.7. The molecule has 1 aromatic carbocycles. The molecule has 1 aromatic heterocycles. The fraction of sp³-hybridized carbons (Fsp3) is 0.421. The summed E-state index contributed by atoms with van der Waals surface area (Å²) in [6.07, 6.45) is 0.877. The second kappa shape index (κ2) is 8.65. The second-order valence-corrected chi connectivity index (χ2v) is 9.67. The van der Waals surface area contributed by atoms with Gasteiger partial charge in [0.1, 0.15) is 0 Å². The van der Waals surface area contributed by atoms with E-state index in [9.17, 15) is 22.8 Å². The van der Waals surface area contributed by atoms with Crippen LogP contribution in [0.5, 0.6) is 0 Å². The molecule has 2 rings (SSSR count). The highest BCUT2D eigenvalue weighted by atomic mass is 35.5. The first kappa shape index (κ1) is 23.7. The maximum atomic E-state index is 12.6. The molecule has 11 heteroatoms. The van der Waals surface area contributed by atoms with Crippen molar-refractivity contribution < 1.29 is 13.2 Å². The van der Waals surface area contributed by atoms with Gasteiger partial charge in [0.05, 0.1) is 0 Å². The monoisotopic (exact) mass is 456 g/mol. The number of halogens is 1. The molecular weight excluding hydrogens is 432 g/mol. The molecule has 0 spiro atoms. The standard InChI is InChI=1S/C19H25ClN4O5S/c1-10(2)13-7-12(20)8-14(11(3)4)16(13)21-18(26)22-30(28,29)15-9-23(5)19(27)24(6)17(15)25/h7-11H,1-6H3,(H2,21,22,26). The average molecular weight is 457 g/mol. The van der Waals surface area contributed by atoms with E-state index in [0.717, 1.165) is 28.9 Å². The van der Waals surface area contributed by atoms with E-state index in [1.807, 2.05) is 32.4 Å². The number of carbonyl (C=O) groups excluding carboxylic acids is 1. The van der Waals surface area contributed by atoms with Gasteiger partial charge in [0.15, 0.2) is 4.90 Å². The summed E-state index contributed by atoms with van der Waals surface area (Å²) in [5.41, 5.74) is 0.238. The third kappa shape index (κ3) is 4.76. The van der Waals surface area contributed by atoms with Gasteiger partial charge in [-0.05, 0) is 35.1 Å². The molecule has 0 saturated carbocycles. The van der Waals surface area contributed by atoms with Gasteiger partial charge in [-0.15, -0.1) is 0 Å². The highest BCUT2D eigenvalue weighted by Crippen LogP contribution is 2.35. The molecule has 0 radical (unpaired) electrons. The number of rotatable bonds is 5. The van der Waals surface area contributed by atoms with Crippen LogP contribution in [0, 0.1) is 0 Å². The van der Waals surface area contributed by atoms with E-state index >= 15 is 0 Å². The minimum atomic E-state index is -4.53. The smallest absolute Gasteiger partial charge is 0.307 e. The van der Waals surface area contributed by atoms with Crippen LogP contribution < -0.4 is 21.3 Å². The van der Waals surface area contributed by atoms with Crippen LogP contribution in [0.2, 0.25) is 5.02 Å². The van der Waals surface area contributed by atoms with Crippen LogP contribution in [0.25, 0.3) is 0 Å². The summed E-state index contributed by atoms with van der Waals surface area (Å²) in [6, 6.07) is 2.40. The Morgan fingerprint density at radius 2 is 1.53 bits per heavy atom. The number of carbonyl (C=O) groups is 1. The van der Waals surface area contributed by atoms with Gasteiger partial charge in [0.2, 0.25) is 0 Å². The molecule has 0 aliphatic heterocycles. The van der Waals surface area contributed by atoms with Crippen molar-refractivity contribution >= 4 is 33.3 Å². The molecule has 30 heavy (non-hydrogen) atoms. The maximum absolute atomic E-state index is 12.6. The maximum Gasteiger partial charge on any atom is 0.333 e. The van der Waals surface area contributed by atoms with Crippen molar-refractivity contribution in [2.75, 3.05) is 5.32 Å². The number of nitrogens with zero attached hydrogens (tertiary/aromatic N) is 2. The highest BCUT2D eigenvalue weighted by Gasteiger charge is 2.25. The van der Waals surface area contributed by atoms with E-state index in [4.69, 9.17) is 11.6 Å². The van der Waals surface area contributed by atoms with Gasteiger partial charge in [-0.25, -0.2) is 22.7 Å². The van der Waals surface area contributed by atoms with Crippen molar-refractivity contribution in [2.24, 2.45) is 14.1 Å². The Kier molecular flexibility index (Phi) is 6.83. The first-order valence-corrected chi connectivity index (χ1v) is 11.1. The van der Waals surface area contributed by atoms with E-state index in [2.05, 4.69) is 5.32 Å². The number of amides is 2. The number of aromatic nitrogens is 2. The molecule has 0 bridgehead atoms. The first-order valence-electron chi connectivity index (χ1n) is 9.20. The zero-order chi connectivity index (χ0) is 23.0. The lowest BCUT2D eigenvalue weighted by Crippen LogP contribution is -2.43. The Labute approximate surface area is 179 Å². The van der Waals surface area contributed by atoms with Crippen molar-refractivity contribution in [1.82, 2.24) is 13.9 Å². The quantitative estimate of drug-likeness (QED) is 0.716. The van der Waals surface area contributed by atoms with Crippen LogP contribution in [0.3, 0.4) is 0 Å². The van der Waals surface area contributed by atoms with Crippen LogP contribution in [-0.4, -0.2) is 23.6 Å². The summed E-state index contributed by atoms with van der Waals surface area (Å²) in [4.78, 5) is 35.9. The summed E-state index contributed by atoms with van der Waals surface area (Å²) in [5, 5.41) is 3.10. The van der Waals surface area contributed by atoms with Crippen LogP contribution >= 0.6 is 11.6 Å². The lowest BCUT2D eigenvalue weighted by molar-refractivity contribution is 0.256. The van der Waals surface area contributed by atoms with Gasteiger partial charge >= 0.3 is 11.7 Å². The Balaban J connectivity index is 2.46. The molecule has 164 valence electrons. The fourth-order valence-electron chi connectivity index (χ4n) is 2.98. The molecule has 2 N–H and O–H groups in total. The molecule has 0 fully saturated rings. The van der Waals surface area contributed by atoms with Crippen LogP contribution in [-0.2, 0) is 24.1 Å². The topological polar surface area (TPSA) is 119 Å². The Morgan fingerprint density at radius 1 is 1.03 bits per heavy atom. The summed E-state index contributed by atoms with van der Waals surface area (Å²) in [5.74, 6) is 0.00750. The summed E-state index contributed by atoms with van der Waals surface area (Å²) >= 11 is 6.20. The molecule has 2 aromatic rings. The van der Waals surface area contributed by atoms with Crippen molar-refractivity contribution in [1.29, 1.82) is 0 Å². The molecule has 0 aliphatic carbocycles. The van der Waals surface area contributed by atoms with Gasteiger partial charge in [-0.2, -0.15) is 0 Å². The number of urea groups is 1. The van der Waals surface area contributed by atoms with E-state index in [1.165, 1.54) is 7.05 Å². The Morgan fingerprint density at radius 3 is 2.00 bits per heavy atom. The zero-order valence-corrected chi connectivity index (χ0v) is 19.2. The van der Waals surface area contributed by atoms with Crippen LogP contribution in [0.4, 0.5) is 10.5 Å². The highest BCUT2D eigenvalue weighted by molar-refractivity contribution is 7.90. The second-order valence-electron chi connectivity index (χ2n) is 7.58. The number of nitrogens with one attached hydrogen (secondary N) is 2. The number of hydrogen-bond acceptors (Lipinski definition) is 5. The molecule has 0 saturated heterocycles. The lowest BCUT2D eigenvalue weighted by atomic mass is 9.92. The van der Waals surface area contributed by atoms with E-state index in [-0.39, 0.29) is 11.8 Å².